The number of Topliss-reactive ketones (excluding diaryl/α,β-unsaturated/α-hetero) is 1. The van der Waals surface area contributed by atoms with E-state index in [-0.39, 0.29) is 63.7 Å². The molecule has 0 aromatic heterocycles. The van der Waals surface area contributed by atoms with Gasteiger partial charge >= 0.3 is 0 Å². The van der Waals surface area contributed by atoms with Crippen LogP contribution in [-0.4, -0.2) is 60.6 Å². The number of rotatable bonds is 3. The van der Waals surface area contributed by atoms with Gasteiger partial charge in [-0.15, -0.1) is 0 Å². The summed E-state index contributed by atoms with van der Waals surface area (Å²) in [6.07, 6.45) is 0.715. The lowest BCUT2D eigenvalue weighted by Crippen LogP contribution is -2.28. The summed E-state index contributed by atoms with van der Waals surface area (Å²) in [4.78, 5) is 38.1. The van der Waals surface area contributed by atoms with E-state index < -0.39 is 24.1 Å². The molecule has 0 aliphatic heterocycles. The zero-order valence-corrected chi connectivity index (χ0v) is 19.5. The van der Waals surface area contributed by atoms with E-state index in [1.54, 1.807) is 26.4 Å². The van der Waals surface area contributed by atoms with Crippen molar-refractivity contribution >= 4 is 17.3 Å². The van der Waals surface area contributed by atoms with E-state index in [1.807, 2.05) is 13.8 Å². The van der Waals surface area contributed by atoms with Gasteiger partial charge < -0.3 is 24.8 Å². The van der Waals surface area contributed by atoms with E-state index in [4.69, 9.17) is 9.84 Å². The highest BCUT2D eigenvalue weighted by molar-refractivity contribution is 6.31. The van der Waals surface area contributed by atoms with Crippen LogP contribution in [0.1, 0.15) is 63.2 Å². The molecule has 2 aliphatic rings. The van der Waals surface area contributed by atoms with Gasteiger partial charge in [0.2, 0.25) is 5.78 Å². The molecule has 0 bridgehead atoms. The van der Waals surface area contributed by atoms with Gasteiger partial charge in [0.15, 0.2) is 11.6 Å². The summed E-state index contributed by atoms with van der Waals surface area (Å²) in [5, 5.41) is 30.7. The third-order valence-electron chi connectivity index (χ3n) is 5.64. The predicted octanol–water partition coefficient (Wildman–Crippen LogP) is 2.84. The molecule has 0 fully saturated rings. The average molecular weight is 459 g/mol. The Bertz CT molecular complexity index is 1070. The average Bonchev–Trinajstić information content (AvgIpc) is 2.85. The molecule has 3 N–H and O–H groups in total. The molecule has 0 radical (unpaired) electrons. The number of aromatic hydroxyl groups is 2. The zero-order valence-electron chi connectivity index (χ0n) is 19.5. The molecule has 0 heterocycles. The lowest BCUT2D eigenvalue weighted by Gasteiger charge is -2.29. The highest BCUT2D eigenvalue weighted by atomic mass is 16.5. The van der Waals surface area contributed by atoms with Gasteiger partial charge in [-0.05, 0) is 25.3 Å². The van der Waals surface area contributed by atoms with Crippen LogP contribution >= 0.6 is 0 Å². The number of hydrogen-bond donors (Lipinski definition) is 3. The second kappa shape index (κ2) is 11.1. The molecule has 4 rings (SSSR count). The topological polar surface area (TPSA) is 130 Å². The normalized spacial score (nSPS) is 15.6. The lowest BCUT2D eigenvalue weighted by molar-refractivity contribution is -0.125. The lowest BCUT2D eigenvalue weighted by atomic mass is 9.75. The number of ketones is 3. The molecule has 1 atom stereocenters. The fourth-order valence-corrected chi connectivity index (χ4v) is 4.21. The summed E-state index contributed by atoms with van der Waals surface area (Å²) in [5.41, 5.74) is 0.301. The second-order valence-electron chi connectivity index (χ2n) is 7.42. The van der Waals surface area contributed by atoms with Crippen molar-refractivity contribution in [2.24, 2.45) is 5.92 Å². The van der Waals surface area contributed by atoms with Crippen LogP contribution in [0.5, 0.6) is 17.2 Å². The van der Waals surface area contributed by atoms with Crippen molar-refractivity contribution in [3.8, 4) is 17.2 Å². The Morgan fingerprint density at radius 1 is 0.970 bits per heavy atom. The smallest absolute Gasteiger partial charge is 0.202 e. The number of fused-ring (bicyclic) bond motifs is 3. The quantitative estimate of drug-likeness (QED) is 0.511. The molecule has 0 amide bonds. The van der Waals surface area contributed by atoms with Crippen molar-refractivity contribution in [2.45, 2.75) is 33.1 Å². The van der Waals surface area contributed by atoms with E-state index in [0.717, 1.165) is 0 Å². The fourth-order valence-electron chi connectivity index (χ4n) is 4.21. The Labute approximate surface area is 192 Å². The van der Waals surface area contributed by atoms with Crippen LogP contribution in [0.15, 0.2) is 18.2 Å². The molecular formula is C25H30O8. The molecule has 0 saturated carbocycles. The summed E-state index contributed by atoms with van der Waals surface area (Å²) in [5.74, 6) is -2.56. The van der Waals surface area contributed by atoms with Crippen molar-refractivity contribution in [3.63, 3.8) is 0 Å². The maximum atomic E-state index is 13.1. The monoisotopic (exact) mass is 458 g/mol. The van der Waals surface area contributed by atoms with E-state index in [2.05, 4.69) is 4.74 Å². The zero-order chi connectivity index (χ0) is 24.9. The second-order valence-corrected chi connectivity index (χ2v) is 7.42. The number of ether oxygens (including phenoxy) is 2. The van der Waals surface area contributed by atoms with Gasteiger partial charge in [0.1, 0.15) is 23.9 Å². The number of phenolic OH excluding ortho intramolecular Hbond substituents is 2. The minimum absolute atomic E-state index is 0.0568. The van der Waals surface area contributed by atoms with Crippen LogP contribution in [0.25, 0.3) is 0 Å². The molecule has 1 unspecified atom stereocenters. The molecule has 0 saturated heterocycles. The Balaban J connectivity index is 0.000000714. The van der Waals surface area contributed by atoms with Crippen molar-refractivity contribution in [3.05, 3.63) is 51.6 Å². The number of carbonyl (C=O) groups excluding carboxylic acids is 3. The van der Waals surface area contributed by atoms with Gasteiger partial charge in [0.05, 0.1) is 23.8 Å². The number of aliphatic hydroxyl groups is 1. The minimum atomic E-state index is -0.609. The number of aliphatic hydroxyl groups excluding tert-OH is 1. The minimum Gasteiger partial charge on any atom is -0.507 e. The van der Waals surface area contributed by atoms with Crippen LogP contribution in [0.3, 0.4) is 0 Å². The highest BCUT2D eigenvalue weighted by Crippen LogP contribution is 2.47. The standard InChI is InChI=1S/C21H18O7.C2H6O.C2H6/c1-28-14-4-2-3-11-15(14)21(27)17-16(19(11)25)20(26)12-7-9(13(23)8-22)5-6-10(12)18(17)24;1-3-2;1-2/h2-4,9,22,24,26H,5-8H2,1H3;1-2H3;1-2H3. The van der Waals surface area contributed by atoms with Crippen LogP contribution in [0, 0.1) is 5.92 Å². The van der Waals surface area contributed by atoms with Crippen molar-refractivity contribution in [1.82, 2.24) is 0 Å². The number of hydrogen-bond acceptors (Lipinski definition) is 8. The maximum Gasteiger partial charge on any atom is 0.202 e. The molecule has 0 spiro atoms. The molecule has 8 nitrogen and oxygen atoms in total. The molecule has 8 heteroatoms. The number of phenols is 2. The van der Waals surface area contributed by atoms with Gasteiger partial charge in [0.25, 0.3) is 0 Å². The molecule has 178 valence electrons. The van der Waals surface area contributed by atoms with Crippen molar-refractivity contribution < 1.29 is 39.2 Å². The van der Waals surface area contributed by atoms with Gasteiger partial charge in [-0.3, -0.25) is 14.4 Å². The third kappa shape index (κ3) is 4.49. The van der Waals surface area contributed by atoms with Crippen LogP contribution < -0.4 is 4.74 Å². The summed E-state index contributed by atoms with van der Waals surface area (Å²) >= 11 is 0. The Morgan fingerprint density at radius 3 is 2.12 bits per heavy atom. The molecule has 33 heavy (non-hydrogen) atoms. The first-order valence-electron chi connectivity index (χ1n) is 10.7. The first-order valence-corrected chi connectivity index (χ1v) is 10.7. The van der Waals surface area contributed by atoms with E-state index >= 15 is 0 Å². The Morgan fingerprint density at radius 2 is 1.55 bits per heavy atom. The molecule has 2 aliphatic carbocycles. The summed E-state index contributed by atoms with van der Waals surface area (Å²) in [7, 11) is 4.63. The first-order chi connectivity index (χ1) is 15.8. The molecular weight excluding hydrogens is 428 g/mol. The van der Waals surface area contributed by atoms with Crippen LogP contribution in [-0.2, 0) is 22.4 Å². The van der Waals surface area contributed by atoms with E-state index in [0.29, 0.717) is 12.0 Å². The van der Waals surface area contributed by atoms with Gasteiger partial charge in [-0.1, -0.05) is 26.0 Å². The maximum absolute atomic E-state index is 13.1. The largest absolute Gasteiger partial charge is 0.507 e. The molecule has 2 aromatic carbocycles. The summed E-state index contributed by atoms with van der Waals surface area (Å²) < 4.78 is 9.45. The number of benzene rings is 2. The summed E-state index contributed by atoms with van der Waals surface area (Å²) in [6, 6.07) is 4.59. The van der Waals surface area contributed by atoms with Crippen LogP contribution in [0.2, 0.25) is 0 Å². The SMILES string of the molecule is CC.COC.COc1cccc2c1C(=O)c1c(O)c3c(c(O)c1C2=O)CC(C(=O)CO)CC3. The van der Waals surface area contributed by atoms with Gasteiger partial charge in [-0.25, -0.2) is 0 Å². The fraction of sp³-hybridized carbons (Fsp3) is 0.400. The predicted molar refractivity (Wildman–Crippen MR) is 122 cm³/mol. The van der Waals surface area contributed by atoms with E-state index in [1.165, 1.54) is 13.2 Å². The number of methoxy groups -OCH3 is 2. The Hall–Kier alpha value is -3.23. The third-order valence-corrected chi connectivity index (χ3v) is 5.64. The van der Waals surface area contributed by atoms with E-state index in [9.17, 15) is 24.6 Å². The molecule has 2 aromatic rings. The summed E-state index contributed by atoms with van der Waals surface area (Å²) in [6.45, 7) is 3.39. The van der Waals surface area contributed by atoms with Crippen molar-refractivity contribution in [1.29, 1.82) is 0 Å². The number of carbonyl (C=O) groups is 3. The van der Waals surface area contributed by atoms with Crippen LogP contribution in [0.4, 0.5) is 0 Å². The van der Waals surface area contributed by atoms with Gasteiger partial charge in [0, 0.05) is 36.8 Å². The van der Waals surface area contributed by atoms with Crippen molar-refractivity contribution in [2.75, 3.05) is 27.9 Å². The Kier molecular flexibility index (Phi) is 8.73. The van der Waals surface area contributed by atoms with Gasteiger partial charge in [-0.2, -0.15) is 0 Å². The first kappa shape index (κ1) is 26.0. The highest BCUT2D eigenvalue weighted by Gasteiger charge is 2.40.